The SMILES string of the molecule is CO[C@H]1OC(CO)[C@H](C[C@@H]2NC(CO)[C@H](O)C(O)C2O)C(O)C1O. The lowest BCUT2D eigenvalue weighted by molar-refractivity contribution is -0.285. The highest BCUT2D eigenvalue weighted by Gasteiger charge is 2.48. The first-order chi connectivity index (χ1) is 11.3. The maximum atomic E-state index is 10.3. The molecule has 0 bridgehead atoms. The smallest absolute Gasteiger partial charge is 0.186 e. The first-order valence-electron chi connectivity index (χ1n) is 7.92. The number of aliphatic hydroxyl groups is 7. The quantitative estimate of drug-likeness (QED) is 0.241. The maximum Gasteiger partial charge on any atom is 0.186 e. The average molecular weight is 353 g/mol. The van der Waals surface area contributed by atoms with Gasteiger partial charge in [-0.15, -0.1) is 0 Å². The first-order valence-corrected chi connectivity index (χ1v) is 7.92. The second-order valence-corrected chi connectivity index (χ2v) is 6.38. The monoisotopic (exact) mass is 353 g/mol. The molecule has 142 valence electrons. The Labute approximate surface area is 139 Å². The highest BCUT2D eigenvalue weighted by Crippen LogP contribution is 2.32. The summed E-state index contributed by atoms with van der Waals surface area (Å²) in [7, 11) is 1.30. The number of ether oxygens (including phenoxy) is 2. The van der Waals surface area contributed by atoms with E-state index in [9.17, 15) is 35.7 Å². The van der Waals surface area contributed by atoms with Gasteiger partial charge in [-0.1, -0.05) is 0 Å². The van der Waals surface area contributed by atoms with Crippen LogP contribution in [0.2, 0.25) is 0 Å². The van der Waals surface area contributed by atoms with E-state index in [1.165, 1.54) is 7.11 Å². The van der Waals surface area contributed by atoms with Gasteiger partial charge in [-0.3, -0.25) is 0 Å². The predicted molar refractivity (Wildman–Crippen MR) is 78.7 cm³/mol. The molecule has 0 aromatic rings. The molecule has 0 spiro atoms. The third-order valence-corrected chi connectivity index (χ3v) is 4.94. The van der Waals surface area contributed by atoms with E-state index in [0.717, 1.165) is 0 Å². The average Bonchev–Trinajstić information content (AvgIpc) is 2.59. The van der Waals surface area contributed by atoms with Gasteiger partial charge in [-0.05, 0) is 6.42 Å². The number of hydrogen-bond donors (Lipinski definition) is 8. The van der Waals surface area contributed by atoms with Crippen LogP contribution in [0.5, 0.6) is 0 Å². The normalized spacial score (nSPS) is 50.0. The van der Waals surface area contributed by atoms with Gasteiger partial charge in [0.05, 0.1) is 43.7 Å². The molecule has 0 aliphatic carbocycles. The van der Waals surface area contributed by atoms with Crippen molar-refractivity contribution in [3.63, 3.8) is 0 Å². The predicted octanol–water partition coefficient (Wildman–Crippen LogP) is -4.51. The van der Waals surface area contributed by atoms with Gasteiger partial charge in [0, 0.05) is 19.1 Å². The fourth-order valence-corrected chi connectivity index (χ4v) is 3.46. The molecule has 6 unspecified atom stereocenters. The van der Waals surface area contributed by atoms with Crippen LogP contribution in [-0.2, 0) is 9.47 Å². The van der Waals surface area contributed by atoms with E-state index in [0.29, 0.717) is 0 Å². The van der Waals surface area contributed by atoms with Crippen LogP contribution in [0.3, 0.4) is 0 Å². The molecule has 2 aliphatic heterocycles. The number of methoxy groups -OCH3 is 1. The van der Waals surface area contributed by atoms with Crippen LogP contribution in [0, 0.1) is 5.92 Å². The largest absolute Gasteiger partial charge is 0.395 e. The third kappa shape index (κ3) is 3.73. The molecule has 0 aromatic carbocycles. The summed E-state index contributed by atoms with van der Waals surface area (Å²) in [6.07, 6.45) is -8.70. The molecule has 10 atom stereocenters. The summed E-state index contributed by atoms with van der Waals surface area (Å²) in [5.41, 5.74) is 0. The Bertz CT molecular complexity index is 396. The lowest BCUT2D eigenvalue weighted by atomic mass is 9.79. The Kier molecular flexibility index (Phi) is 6.90. The van der Waals surface area contributed by atoms with Gasteiger partial charge in [0.15, 0.2) is 6.29 Å². The summed E-state index contributed by atoms with van der Waals surface area (Å²) in [6, 6.07) is -1.64. The Balaban J connectivity index is 2.12. The molecule has 2 aliphatic rings. The minimum atomic E-state index is -1.47. The standard InChI is InChI=1S/C14H27NO9/c1-23-14-13(22)9(18)5(8(4-17)24-14)2-6-10(19)12(21)11(20)7(3-16)15-6/h5-22H,2-4H2,1H3/t5-,6-,7?,8?,9?,10?,11-,12?,13?,14-/m0/s1. The van der Waals surface area contributed by atoms with Crippen LogP contribution in [0.25, 0.3) is 0 Å². The van der Waals surface area contributed by atoms with E-state index in [1.54, 1.807) is 0 Å². The van der Waals surface area contributed by atoms with Gasteiger partial charge in [-0.25, -0.2) is 0 Å². The van der Waals surface area contributed by atoms with Gasteiger partial charge in [0.1, 0.15) is 12.2 Å². The number of aliphatic hydroxyl groups excluding tert-OH is 7. The van der Waals surface area contributed by atoms with E-state index in [1.807, 2.05) is 0 Å². The number of piperidine rings is 1. The molecule has 0 saturated carbocycles. The molecule has 10 heteroatoms. The van der Waals surface area contributed by atoms with Crippen molar-refractivity contribution in [1.29, 1.82) is 0 Å². The molecular formula is C14H27NO9. The summed E-state index contributed by atoms with van der Waals surface area (Å²) in [4.78, 5) is 0. The van der Waals surface area contributed by atoms with E-state index in [4.69, 9.17) is 9.47 Å². The maximum absolute atomic E-state index is 10.3. The Morgan fingerprint density at radius 1 is 0.833 bits per heavy atom. The highest BCUT2D eigenvalue weighted by molar-refractivity contribution is 5.01. The zero-order valence-corrected chi connectivity index (χ0v) is 13.3. The summed E-state index contributed by atoms with van der Waals surface area (Å²) in [6.45, 7) is -0.894. The van der Waals surface area contributed by atoms with E-state index in [2.05, 4.69) is 5.32 Å². The van der Waals surface area contributed by atoms with Crippen LogP contribution in [0.4, 0.5) is 0 Å². The second-order valence-electron chi connectivity index (χ2n) is 6.38. The zero-order valence-electron chi connectivity index (χ0n) is 13.3. The molecule has 0 amide bonds. The van der Waals surface area contributed by atoms with E-state index < -0.39 is 74.1 Å². The van der Waals surface area contributed by atoms with E-state index in [-0.39, 0.29) is 6.42 Å². The third-order valence-electron chi connectivity index (χ3n) is 4.94. The second kappa shape index (κ2) is 8.32. The Hall–Kier alpha value is -0.400. The topological polar surface area (TPSA) is 172 Å². The minimum absolute atomic E-state index is 0.0291. The van der Waals surface area contributed by atoms with Gasteiger partial charge in [-0.2, -0.15) is 0 Å². The van der Waals surface area contributed by atoms with Crippen molar-refractivity contribution in [1.82, 2.24) is 5.32 Å². The molecule has 10 nitrogen and oxygen atoms in total. The molecule has 24 heavy (non-hydrogen) atoms. The zero-order chi connectivity index (χ0) is 18.0. The van der Waals surface area contributed by atoms with Crippen molar-refractivity contribution < 1.29 is 45.2 Å². The van der Waals surface area contributed by atoms with Crippen molar-refractivity contribution in [3.8, 4) is 0 Å². The number of hydrogen-bond acceptors (Lipinski definition) is 10. The lowest BCUT2D eigenvalue weighted by Gasteiger charge is -2.46. The molecule has 2 saturated heterocycles. The molecule has 0 radical (unpaired) electrons. The van der Waals surface area contributed by atoms with Crippen molar-refractivity contribution in [2.75, 3.05) is 20.3 Å². The van der Waals surface area contributed by atoms with Crippen molar-refractivity contribution >= 4 is 0 Å². The van der Waals surface area contributed by atoms with Gasteiger partial charge < -0.3 is 50.5 Å². The Morgan fingerprint density at radius 3 is 2.00 bits per heavy atom. The van der Waals surface area contributed by atoms with Crippen molar-refractivity contribution in [2.24, 2.45) is 5.92 Å². The fourth-order valence-electron chi connectivity index (χ4n) is 3.46. The van der Waals surface area contributed by atoms with Crippen LogP contribution in [0.15, 0.2) is 0 Å². The summed E-state index contributed by atoms with van der Waals surface area (Å²) in [5.74, 6) is -0.759. The van der Waals surface area contributed by atoms with Crippen molar-refractivity contribution in [3.05, 3.63) is 0 Å². The van der Waals surface area contributed by atoms with Crippen LogP contribution < -0.4 is 5.32 Å². The van der Waals surface area contributed by atoms with Crippen LogP contribution in [0.1, 0.15) is 6.42 Å². The fraction of sp³-hybridized carbons (Fsp3) is 1.00. The summed E-state index contributed by atoms with van der Waals surface area (Å²) in [5, 5.41) is 71.7. The molecule has 2 heterocycles. The summed E-state index contributed by atoms with van der Waals surface area (Å²) < 4.78 is 10.3. The van der Waals surface area contributed by atoms with Crippen LogP contribution >= 0.6 is 0 Å². The van der Waals surface area contributed by atoms with Gasteiger partial charge in [0.2, 0.25) is 0 Å². The highest BCUT2D eigenvalue weighted by atomic mass is 16.7. The van der Waals surface area contributed by atoms with Crippen molar-refractivity contribution in [2.45, 2.75) is 61.4 Å². The van der Waals surface area contributed by atoms with Gasteiger partial charge in [0.25, 0.3) is 0 Å². The number of nitrogens with one attached hydrogen (secondary N) is 1. The van der Waals surface area contributed by atoms with Crippen LogP contribution in [-0.4, -0.2) is 111 Å². The molecule has 2 rings (SSSR count). The van der Waals surface area contributed by atoms with E-state index >= 15 is 0 Å². The number of rotatable bonds is 5. The summed E-state index contributed by atoms with van der Waals surface area (Å²) >= 11 is 0. The molecule has 0 aromatic heterocycles. The lowest BCUT2D eigenvalue weighted by Crippen LogP contribution is -2.67. The molecular weight excluding hydrogens is 326 g/mol. The molecule has 8 N–H and O–H groups in total. The van der Waals surface area contributed by atoms with Gasteiger partial charge >= 0.3 is 0 Å². The minimum Gasteiger partial charge on any atom is -0.395 e. The Morgan fingerprint density at radius 2 is 1.46 bits per heavy atom. The first kappa shape index (κ1) is 19.9. The molecule has 2 fully saturated rings.